The summed E-state index contributed by atoms with van der Waals surface area (Å²) in [7, 11) is 0. The lowest BCUT2D eigenvalue weighted by Crippen LogP contribution is -2.55. The van der Waals surface area contributed by atoms with Crippen molar-refractivity contribution in [3.05, 3.63) is 24.0 Å². The number of aliphatic carboxylic acids is 1. The summed E-state index contributed by atoms with van der Waals surface area (Å²) in [5, 5.41) is 14.7. The molecular formula is C11H11F3N4O2. The van der Waals surface area contributed by atoms with Crippen LogP contribution in [0.25, 0.3) is 5.65 Å². The Balaban J connectivity index is 2.55. The molecule has 0 aromatic carbocycles. The van der Waals surface area contributed by atoms with Gasteiger partial charge in [-0.3, -0.25) is 0 Å². The molecule has 0 saturated carbocycles. The predicted molar refractivity (Wildman–Crippen MR) is 63.4 cm³/mol. The van der Waals surface area contributed by atoms with Gasteiger partial charge in [0, 0.05) is 0 Å². The minimum absolute atomic E-state index is 0.0975. The van der Waals surface area contributed by atoms with Gasteiger partial charge in [0.1, 0.15) is 12.1 Å². The van der Waals surface area contributed by atoms with Crippen molar-refractivity contribution in [2.45, 2.75) is 25.6 Å². The van der Waals surface area contributed by atoms with Gasteiger partial charge < -0.3 is 10.4 Å². The molecule has 1 unspecified atom stereocenters. The lowest BCUT2D eigenvalue weighted by atomic mass is 10.0. The number of anilines is 1. The molecule has 108 valence electrons. The van der Waals surface area contributed by atoms with Crippen molar-refractivity contribution in [2.75, 3.05) is 5.32 Å². The molecule has 6 nitrogen and oxygen atoms in total. The van der Waals surface area contributed by atoms with E-state index in [0.29, 0.717) is 18.1 Å². The molecule has 0 bridgehead atoms. The van der Waals surface area contributed by atoms with Crippen LogP contribution in [-0.4, -0.2) is 37.4 Å². The molecule has 1 atom stereocenters. The average molecular weight is 288 g/mol. The first-order valence-electron chi connectivity index (χ1n) is 5.54. The topological polar surface area (TPSA) is 79.5 Å². The van der Waals surface area contributed by atoms with Crippen LogP contribution in [0, 0.1) is 6.92 Å². The van der Waals surface area contributed by atoms with Crippen LogP contribution in [0.4, 0.5) is 19.0 Å². The molecule has 0 aliphatic carbocycles. The number of carbonyl (C=O) groups is 1. The van der Waals surface area contributed by atoms with Crippen LogP contribution in [0.3, 0.4) is 0 Å². The van der Waals surface area contributed by atoms with Gasteiger partial charge in [-0.05, 0) is 31.5 Å². The maximum Gasteiger partial charge on any atom is 0.422 e. The van der Waals surface area contributed by atoms with Crippen molar-refractivity contribution in [1.82, 2.24) is 14.6 Å². The van der Waals surface area contributed by atoms with Gasteiger partial charge in [-0.25, -0.2) is 9.78 Å². The zero-order valence-electron chi connectivity index (χ0n) is 10.6. The molecule has 2 aromatic heterocycles. The van der Waals surface area contributed by atoms with E-state index in [-0.39, 0.29) is 5.82 Å². The van der Waals surface area contributed by atoms with E-state index >= 15 is 0 Å². The first-order valence-corrected chi connectivity index (χ1v) is 5.54. The summed E-state index contributed by atoms with van der Waals surface area (Å²) in [4.78, 5) is 14.9. The normalized spacial score (nSPS) is 15.1. The first kappa shape index (κ1) is 14.1. The average Bonchev–Trinajstić information content (AvgIpc) is 2.74. The number of nitrogens with one attached hydrogen (secondary N) is 1. The van der Waals surface area contributed by atoms with Crippen LogP contribution in [0.5, 0.6) is 0 Å². The molecule has 0 aliphatic heterocycles. The Morgan fingerprint density at radius 3 is 2.60 bits per heavy atom. The Bertz CT molecular complexity index is 667. The van der Waals surface area contributed by atoms with Crippen molar-refractivity contribution in [2.24, 2.45) is 0 Å². The monoisotopic (exact) mass is 288 g/mol. The third kappa shape index (κ3) is 2.15. The van der Waals surface area contributed by atoms with E-state index in [1.807, 2.05) is 5.32 Å². The molecule has 0 amide bonds. The maximum atomic E-state index is 13.0. The van der Waals surface area contributed by atoms with E-state index in [1.54, 1.807) is 13.0 Å². The fourth-order valence-electron chi connectivity index (χ4n) is 1.65. The summed E-state index contributed by atoms with van der Waals surface area (Å²) < 4.78 is 40.0. The highest BCUT2D eigenvalue weighted by Crippen LogP contribution is 2.33. The summed E-state index contributed by atoms with van der Waals surface area (Å²) in [5.74, 6) is -2.13. The van der Waals surface area contributed by atoms with Gasteiger partial charge in [0.25, 0.3) is 0 Å². The Morgan fingerprint density at radius 2 is 2.05 bits per heavy atom. The molecule has 20 heavy (non-hydrogen) atoms. The second-order valence-corrected chi connectivity index (χ2v) is 4.50. The van der Waals surface area contributed by atoms with Gasteiger partial charge in [-0.1, -0.05) is 0 Å². The summed E-state index contributed by atoms with van der Waals surface area (Å²) in [5.41, 5.74) is -2.18. The van der Waals surface area contributed by atoms with Gasteiger partial charge in [-0.15, -0.1) is 0 Å². The molecule has 2 N–H and O–H groups in total. The van der Waals surface area contributed by atoms with Crippen LogP contribution in [0.2, 0.25) is 0 Å². The first-order chi connectivity index (χ1) is 9.15. The molecule has 2 aromatic rings. The minimum atomic E-state index is -4.98. The van der Waals surface area contributed by atoms with Gasteiger partial charge in [0.2, 0.25) is 5.54 Å². The molecule has 9 heteroatoms. The van der Waals surface area contributed by atoms with E-state index in [9.17, 15) is 18.0 Å². The number of aryl methyl sites for hydroxylation is 1. The molecule has 0 aliphatic rings. The fraction of sp³-hybridized carbons (Fsp3) is 0.364. The van der Waals surface area contributed by atoms with Crippen LogP contribution in [0.1, 0.15) is 12.5 Å². The smallest absolute Gasteiger partial charge is 0.422 e. The van der Waals surface area contributed by atoms with E-state index < -0.39 is 17.7 Å². The van der Waals surface area contributed by atoms with E-state index in [2.05, 4.69) is 10.1 Å². The number of pyridine rings is 1. The third-order valence-corrected chi connectivity index (χ3v) is 2.90. The molecule has 0 radical (unpaired) electrons. The van der Waals surface area contributed by atoms with Crippen LogP contribution in [-0.2, 0) is 4.79 Å². The Kier molecular flexibility index (Phi) is 3.07. The third-order valence-electron chi connectivity index (χ3n) is 2.90. The van der Waals surface area contributed by atoms with Gasteiger partial charge >= 0.3 is 12.1 Å². The lowest BCUT2D eigenvalue weighted by Gasteiger charge is -2.29. The number of carboxylic acids is 1. The zero-order chi connectivity index (χ0) is 15.1. The van der Waals surface area contributed by atoms with Gasteiger partial charge in [0.15, 0.2) is 5.65 Å². The summed E-state index contributed by atoms with van der Waals surface area (Å²) in [6.07, 6.45) is -3.80. The van der Waals surface area contributed by atoms with Crippen molar-refractivity contribution >= 4 is 17.4 Å². The second kappa shape index (κ2) is 4.36. The summed E-state index contributed by atoms with van der Waals surface area (Å²) >= 11 is 0. The van der Waals surface area contributed by atoms with E-state index in [0.717, 1.165) is 4.52 Å². The Morgan fingerprint density at radius 1 is 1.40 bits per heavy atom. The number of hydrogen-bond acceptors (Lipinski definition) is 4. The molecule has 2 heterocycles. The van der Waals surface area contributed by atoms with Crippen molar-refractivity contribution < 1.29 is 23.1 Å². The predicted octanol–water partition coefficient (Wildman–Crippen LogP) is 1.86. The number of carboxylic acid groups (broad SMARTS) is 1. The van der Waals surface area contributed by atoms with Crippen molar-refractivity contribution in [1.29, 1.82) is 0 Å². The molecule has 0 saturated heterocycles. The van der Waals surface area contributed by atoms with Gasteiger partial charge in [-0.2, -0.15) is 22.8 Å². The lowest BCUT2D eigenvalue weighted by molar-refractivity contribution is -0.193. The highest BCUT2D eigenvalue weighted by atomic mass is 19.4. The SMILES string of the molecule is Cc1cc(NC(C)(C(=O)O)C(F)(F)F)n2ncnc2c1. The van der Waals surface area contributed by atoms with Crippen LogP contribution >= 0.6 is 0 Å². The molecular weight excluding hydrogens is 277 g/mol. The quantitative estimate of drug-likeness (QED) is 0.901. The zero-order valence-corrected chi connectivity index (χ0v) is 10.6. The minimum Gasteiger partial charge on any atom is -0.479 e. The molecule has 0 fully saturated rings. The fourth-order valence-corrected chi connectivity index (χ4v) is 1.65. The Labute approximate surface area is 111 Å². The number of hydrogen-bond donors (Lipinski definition) is 2. The van der Waals surface area contributed by atoms with Gasteiger partial charge in [0.05, 0.1) is 0 Å². The second-order valence-electron chi connectivity index (χ2n) is 4.50. The summed E-state index contributed by atoms with van der Waals surface area (Å²) in [6, 6.07) is 2.98. The largest absolute Gasteiger partial charge is 0.479 e. The molecule has 2 rings (SSSR count). The summed E-state index contributed by atoms with van der Waals surface area (Å²) in [6.45, 7) is 2.21. The maximum absolute atomic E-state index is 13.0. The number of rotatable bonds is 3. The number of alkyl halides is 3. The van der Waals surface area contributed by atoms with E-state index in [1.165, 1.54) is 12.4 Å². The van der Waals surface area contributed by atoms with E-state index in [4.69, 9.17) is 5.11 Å². The van der Waals surface area contributed by atoms with Crippen molar-refractivity contribution in [3.63, 3.8) is 0 Å². The number of fused-ring (bicyclic) bond motifs is 1. The standard InChI is InChI=1S/C11H11F3N4O2/c1-6-3-7-15-5-16-18(7)8(4-6)17-10(2,9(19)20)11(12,13)14/h3-5,17H,1-2H3,(H,19,20). The number of halogens is 3. The molecule has 0 spiro atoms. The van der Waals surface area contributed by atoms with Crippen LogP contribution in [0.15, 0.2) is 18.5 Å². The number of aromatic nitrogens is 3. The highest BCUT2D eigenvalue weighted by Gasteiger charge is 2.58. The Hall–Kier alpha value is -2.32. The number of nitrogens with zero attached hydrogens (tertiary/aromatic N) is 3. The highest BCUT2D eigenvalue weighted by molar-refractivity contribution is 5.83. The van der Waals surface area contributed by atoms with Crippen molar-refractivity contribution in [3.8, 4) is 0 Å². The van der Waals surface area contributed by atoms with Crippen LogP contribution < -0.4 is 5.32 Å².